The number of aromatic nitrogens is 3. The van der Waals surface area contributed by atoms with Crippen molar-refractivity contribution in [2.45, 2.75) is 25.8 Å². The van der Waals surface area contributed by atoms with Crippen molar-refractivity contribution in [1.29, 1.82) is 0 Å². The van der Waals surface area contributed by atoms with E-state index in [1.165, 1.54) is 0 Å². The molecule has 0 unspecified atom stereocenters. The molecule has 0 aliphatic carbocycles. The predicted molar refractivity (Wildman–Crippen MR) is 78.6 cm³/mol. The zero-order valence-electron chi connectivity index (χ0n) is 11.9. The summed E-state index contributed by atoms with van der Waals surface area (Å²) in [7, 11) is 0. The van der Waals surface area contributed by atoms with Gasteiger partial charge < -0.3 is 14.6 Å². The summed E-state index contributed by atoms with van der Waals surface area (Å²) in [6, 6.07) is 5.56. The topological polar surface area (TPSA) is 71.2 Å². The number of anilines is 1. The maximum absolute atomic E-state index is 11.2. The van der Waals surface area contributed by atoms with Crippen LogP contribution < -0.4 is 4.90 Å². The van der Waals surface area contributed by atoms with Crippen LogP contribution in [-0.4, -0.2) is 38.7 Å². The second-order valence-electron chi connectivity index (χ2n) is 5.32. The molecular formula is C15H18N4O2. The summed E-state index contributed by atoms with van der Waals surface area (Å²) in [5.74, 6) is -0.108. The van der Waals surface area contributed by atoms with E-state index in [0.29, 0.717) is 5.69 Å². The number of aromatic carboxylic acids is 1. The largest absolute Gasteiger partial charge is 0.477 e. The number of nitrogens with zero attached hydrogens (tertiary/aromatic N) is 4. The first-order chi connectivity index (χ1) is 10.1. The molecular weight excluding hydrogens is 268 g/mol. The lowest BCUT2D eigenvalue weighted by molar-refractivity contribution is 0.0681. The number of carbonyl (C=O) groups is 1. The van der Waals surface area contributed by atoms with Crippen LogP contribution in [0.1, 0.15) is 35.1 Å². The van der Waals surface area contributed by atoms with Crippen LogP contribution in [0.2, 0.25) is 0 Å². The second kappa shape index (κ2) is 5.55. The molecule has 0 radical (unpaired) electrons. The van der Waals surface area contributed by atoms with Crippen LogP contribution in [0.3, 0.4) is 0 Å². The Kier molecular flexibility index (Phi) is 3.60. The van der Waals surface area contributed by atoms with Gasteiger partial charge in [0.05, 0.1) is 0 Å². The Balaban J connectivity index is 1.70. The highest BCUT2D eigenvalue weighted by Crippen LogP contribution is 2.26. The number of rotatable bonds is 3. The Bertz CT molecular complexity index is 645. The van der Waals surface area contributed by atoms with E-state index in [2.05, 4.69) is 14.9 Å². The molecule has 6 heteroatoms. The van der Waals surface area contributed by atoms with E-state index in [4.69, 9.17) is 0 Å². The van der Waals surface area contributed by atoms with Gasteiger partial charge in [-0.1, -0.05) is 0 Å². The fraction of sp³-hybridized carbons (Fsp3) is 0.400. The molecule has 0 aromatic carbocycles. The fourth-order valence-electron chi connectivity index (χ4n) is 2.83. The molecule has 3 heterocycles. The second-order valence-corrected chi connectivity index (χ2v) is 5.32. The van der Waals surface area contributed by atoms with E-state index in [-0.39, 0.29) is 6.04 Å². The van der Waals surface area contributed by atoms with Gasteiger partial charge in [-0.2, -0.15) is 0 Å². The molecule has 0 amide bonds. The Hall–Kier alpha value is -2.37. The van der Waals surface area contributed by atoms with Crippen molar-refractivity contribution in [2.75, 3.05) is 18.0 Å². The zero-order chi connectivity index (χ0) is 14.8. The Labute approximate surface area is 123 Å². The summed E-state index contributed by atoms with van der Waals surface area (Å²) >= 11 is 0. The van der Waals surface area contributed by atoms with Crippen molar-refractivity contribution in [3.8, 4) is 0 Å². The molecule has 0 bridgehead atoms. The smallest absolute Gasteiger partial charge is 0.352 e. The van der Waals surface area contributed by atoms with Crippen molar-refractivity contribution in [2.24, 2.45) is 0 Å². The third-order valence-electron chi connectivity index (χ3n) is 3.92. The van der Waals surface area contributed by atoms with Gasteiger partial charge in [-0.15, -0.1) is 0 Å². The first kappa shape index (κ1) is 13.6. The third kappa shape index (κ3) is 2.74. The van der Waals surface area contributed by atoms with Crippen LogP contribution in [0.4, 0.5) is 5.95 Å². The average molecular weight is 286 g/mol. The third-order valence-corrected chi connectivity index (χ3v) is 3.92. The Morgan fingerprint density at radius 2 is 2.10 bits per heavy atom. The van der Waals surface area contributed by atoms with E-state index in [0.717, 1.165) is 37.6 Å². The van der Waals surface area contributed by atoms with Crippen molar-refractivity contribution in [3.05, 3.63) is 42.0 Å². The molecule has 21 heavy (non-hydrogen) atoms. The van der Waals surface area contributed by atoms with Crippen molar-refractivity contribution in [3.63, 3.8) is 0 Å². The van der Waals surface area contributed by atoms with Crippen LogP contribution in [0.25, 0.3) is 0 Å². The van der Waals surface area contributed by atoms with Crippen LogP contribution in [0.15, 0.2) is 30.6 Å². The van der Waals surface area contributed by atoms with E-state index < -0.39 is 5.97 Å². The molecule has 6 nitrogen and oxygen atoms in total. The molecule has 1 aliphatic heterocycles. The van der Waals surface area contributed by atoms with E-state index >= 15 is 0 Å². The molecule has 2 aromatic rings. The first-order valence-electron chi connectivity index (χ1n) is 7.10. The quantitative estimate of drug-likeness (QED) is 0.936. The lowest BCUT2D eigenvalue weighted by Gasteiger charge is -2.33. The standard InChI is InChI=1S/C15H18N4O2/c1-11-4-7-16-15(17-11)18-9-5-12(6-10-18)19-8-2-3-13(19)14(20)21/h2-4,7-8,12H,5-6,9-10H2,1H3,(H,20,21). The minimum Gasteiger partial charge on any atom is -0.477 e. The van der Waals surface area contributed by atoms with E-state index in [1.54, 1.807) is 18.3 Å². The highest BCUT2D eigenvalue weighted by atomic mass is 16.4. The van der Waals surface area contributed by atoms with Crippen molar-refractivity contribution in [1.82, 2.24) is 14.5 Å². The minimum atomic E-state index is -0.871. The van der Waals surface area contributed by atoms with E-state index in [1.807, 2.05) is 23.8 Å². The highest BCUT2D eigenvalue weighted by molar-refractivity contribution is 5.85. The molecule has 0 saturated carbocycles. The maximum Gasteiger partial charge on any atom is 0.352 e. The normalized spacial score (nSPS) is 16.1. The molecule has 1 N–H and O–H groups in total. The van der Waals surface area contributed by atoms with E-state index in [9.17, 15) is 9.90 Å². The zero-order valence-corrected chi connectivity index (χ0v) is 11.9. The number of hydrogen-bond donors (Lipinski definition) is 1. The maximum atomic E-state index is 11.2. The van der Waals surface area contributed by atoms with Gasteiger partial charge in [0.25, 0.3) is 0 Å². The van der Waals surface area contributed by atoms with Gasteiger partial charge in [-0.25, -0.2) is 14.8 Å². The minimum absolute atomic E-state index is 0.229. The van der Waals surface area contributed by atoms with Crippen LogP contribution in [-0.2, 0) is 0 Å². The molecule has 1 aliphatic rings. The van der Waals surface area contributed by atoms with Gasteiger partial charge in [-0.3, -0.25) is 0 Å². The Morgan fingerprint density at radius 1 is 1.33 bits per heavy atom. The summed E-state index contributed by atoms with van der Waals surface area (Å²) in [6.45, 7) is 3.63. The number of aryl methyl sites for hydroxylation is 1. The summed E-state index contributed by atoms with van der Waals surface area (Å²) in [6.07, 6.45) is 5.42. The SMILES string of the molecule is Cc1ccnc(N2CCC(n3cccc3C(=O)O)CC2)n1. The molecule has 0 atom stereocenters. The summed E-state index contributed by atoms with van der Waals surface area (Å²) in [4.78, 5) is 22.1. The Morgan fingerprint density at radius 3 is 2.76 bits per heavy atom. The molecule has 0 spiro atoms. The van der Waals surface area contributed by atoms with Gasteiger partial charge in [0.1, 0.15) is 5.69 Å². The first-order valence-corrected chi connectivity index (χ1v) is 7.10. The predicted octanol–water partition coefficient (Wildman–Crippen LogP) is 2.13. The van der Waals surface area contributed by atoms with Gasteiger partial charge in [0.2, 0.25) is 5.95 Å². The average Bonchev–Trinajstić information content (AvgIpc) is 2.97. The van der Waals surface area contributed by atoms with Crippen LogP contribution in [0.5, 0.6) is 0 Å². The molecule has 2 aromatic heterocycles. The lowest BCUT2D eigenvalue weighted by Crippen LogP contribution is -2.36. The van der Waals surface area contributed by atoms with Crippen molar-refractivity contribution >= 4 is 11.9 Å². The number of carboxylic acids is 1. The lowest BCUT2D eigenvalue weighted by atomic mass is 10.0. The molecule has 1 saturated heterocycles. The van der Waals surface area contributed by atoms with Gasteiger partial charge in [0.15, 0.2) is 0 Å². The molecule has 3 rings (SSSR count). The van der Waals surface area contributed by atoms with Crippen LogP contribution in [0, 0.1) is 6.92 Å². The van der Waals surface area contributed by atoms with Crippen LogP contribution >= 0.6 is 0 Å². The van der Waals surface area contributed by atoms with Gasteiger partial charge in [0, 0.05) is 37.2 Å². The summed E-state index contributed by atoms with van der Waals surface area (Å²) < 4.78 is 1.87. The molecule has 1 fully saturated rings. The number of carboxylic acid groups (broad SMARTS) is 1. The monoisotopic (exact) mass is 286 g/mol. The fourth-order valence-corrected chi connectivity index (χ4v) is 2.83. The molecule has 110 valence electrons. The number of piperidine rings is 1. The van der Waals surface area contributed by atoms with Crippen molar-refractivity contribution < 1.29 is 9.90 Å². The summed E-state index contributed by atoms with van der Waals surface area (Å²) in [5, 5.41) is 9.19. The summed E-state index contributed by atoms with van der Waals surface area (Å²) in [5.41, 5.74) is 1.32. The van der Waals surface area contributed by atoms with Gasteiger partial charge >= 0.3 is 5.97 Å². The number of hydrogen-bond acceptors (Lipinski definition) is 4. The highest BCUT2D eigenvalue weighted by Gasteiger charge is 2.24. The van der Waals surface area contributed by atoms with Gasteiger partial charge in [-0.05, 0) is 38.0 Å².